The molecule has 0 aliphatic carbocycles. The van der Waals surface area contributed by atoms with Gasteiger partial charge in [-0.25, -0.2) is 10.2 Å². The number of ether oxygens (including phenoxy) is 1. The first kappa shape index (κ1) is 22.7. The zero-order valence-corrected chi connectivity index (χ0v) is 19.8. The van der Waals surface area contributed by atoms with Gasteiger partial charge in [-0.3, -0.25) is 4.79 Å². The number of thioether (sulfide) groups is 1. The molecule has 1 heterocycles. The van der Waals surface area contributed by atoms with E-state index in [4.69, 9.17) is 40.2 Å². The van der Waals surface area contributed by atoms with Crippen LogP contribution in [0.2, 0.25) is 10.0 Å². The van der Waals surface area contributed by atoms with Gasteiger partial charge in [-0.2, -0.15) is 5.01 Å². The minimum absolute atomic E-state index is 0.0466. The van der Waals surface area contributed by atoms with E-state index in [-0.39, 0.29) is 25.7 Å². The highest BCUT2D eigenvalue weighted by Crippen LogP contribution is 2.37. The van der Waals surface area contributed by atoms with E-state index in [9.17, 15) is 14.7 Å². The van der Waals surface area contributed by atoms with E-state index < -0.39 is 11.9 Å². The molecule has 0 atom stereocenters. The summed E-state index contributed by atoms with van der Waals surface area (Å²) in [7, 11) is 1.42. The fourth-order valence-corrected chi connectivity index (χ4v) is 4.29. The van der Waals surface area contributed by atoms with E-state index in [1.54, 1.807) is 18.2 Å². The summed E-state index contributed by atoms with van der Waals surface area (Å²) in [4.78, 5) is 25.3. The number of benzene rings is 2. The molecule has 7 nitrogen and oxygen atoms in total. The molecule has 3 N–H and O–H groups in total. The quantitative estimate of drug-likeness (QED) is 0.349. The summed E-state index contributed by atoms with van der Waals surface area (Å²) < 4.78 is 5.79. The smallest absolute Gasteiger partial charge is 0.338 e. The minimum Gasteiger partial charge on any atom is -0.504 e. The van der Waals surface area contributed by atoms with Crippen molar-refractivity contribution in [1.82, 2.24) is 10.4 Å². The van der Waals surface area contributed by atoms with Gasteiger partial charge in [-0.1, -0.05) is 50.9 Å². The fraction of sp³-hybridized carbons (Fsp3) is 0.0556. The molecule has 1 aliphatic heterocycles. The van der Waals surface area contributed by atoms with Crippen LogP contribution in [-0.4, -0.2) is 33.5 Å². The zero-order valence-electron chi connectivity index (χ0n) is 15.0. The van der Waals surface area contributed by atoms with Crippen LogP contribution in [0.25, 0.3) is 6.08 Å². The van der Waals surface area contributed by atoms with Crippen LogP contribution in [-0.2, 0) is 4.79 Å². The summed E-state index contributed by atoms with van der Waals surface area (Å²) in [6, 6.07) is 6.91. The summed E-state index contributed by atoms with van der Waals surface area (Å²) in [5.74, 6) is -0.304. The third-order valence-electron chi connectivity index (χ3n) is 3.77. The SMILES string of the molecule is COc1cc(/C=C2\SC(=S)N(NC(=O)Nc3ccc(Cl)c(Cl)c3)C2=O)c(Br)cc1O. The second-order valence-electron chi connectivity index (χ2n) is 5.76. The number of rotatable bonds is 4. The Morgan fingerprint density at radius 1 is 1.30 bits per heavy atom. The Kier molecular flexibility index (Phi) is 7.14. The number of hydrazine groups is 1. The Morgan fingerprint density at radius 2 is 2.03 bits per heavy atom. The fourth-order valence-electron chi connectivity index (χ4n) is 2.37. The van der Waals surface area contributed by atoms with Gasteiger partial charge in [0.25, 0.3) is 5.91 Å². The molecule has 0 bridgehead atoms. The van der Waals surface area contributed by atoms with Crippen LogP contribution in [0, 0.1) is 0 Å². The molecule has 0 saturated carbocycles. The first-order valence-electron chi connectivity index (χ1n) is 8.06. The number of thiocarbonyl (C=S) groups is 1. The van der Waals surface area contributed by atoms with Gasteiger partial charge in [0, 0.05) is 10.2 Å². The van der Waals surface area contributed by atoms with E-state index >= 15 is 0 Å². The van der Waals surface area contributed by atoms with Gasteiger partial charge in [0.2, 0.25) is 0 Å². The number of hydrogen-bond acceptors (Lipinski definition) is 6. The Hall–Kier alpha value is -1.98. The van der Waals surface area contributed by atoms with Crippen LogP contribution in [0.1, 0.15) is 5.56 Å². The molecule has 3 rings (SSSR count). The van der Waals surface area contributed by atoms with E-state index in [2.05, 4.69) is 26.7 Å². The maximum Gasteiger partial charge on any atom is 0.338 e. The maximum atomic E-state index is 12.7. The standard InChI is InChI=1S/C18H12BrCl2N3O4S2/c1-28-14-4-8(10(19)7-13(14)25)5-15-16(26)24(18(29)30-15)23-17(27)22-9-2-3-11(20)12(21)6-9/h2-7,25H,1H3,(H2,22,23,27)/b15-5-. The number of phenols is 1. The summed E-state index contributed by atoms with van der Waals surface area (Å²) in [6.45, 7) is 0. The normalized spacial score (nSPS) is 14.9. The molecule has 12 heteroatoms. The van der Waals surface area contributed by atoms with Crippen LogP contribution in [0.4, 0.5) is 10.5 Å². The number of amides is 3. The molecule has 0 unspecified atom stereocenters. The van der Waals surface area contributed by atoms with Crippen molar-refractivity contribution in [3.8, 4) is 11.5 Å². The highest BCUT2D eigenvalue weighted by atomic mass is 79.9. The third kappa shape index (κ3) is 5.01. The van der Waals surface area contributed by atoms with Gasteiger partial charge in [-0.05, 0) is 54.2 Å². The monoisotopic (exact) mass is 547 g/mol. The molecule has 2 aromatic carbocycles. The lowest BCUT2D eigenvalue weighted by Crippen LogP contribution is -2.46. The molecule has 2 aromatic rings. The van der Waals surface area contributed by atoms with Crippen molar-refractivity contribution >= 4 is 91.1 Å². The van der Waals surface area contributed by atoms with Crippen molar-refractivity contribution < 1.29 is 19.4 Å². The van der Waals surface area contributed by atoms with Crippen molar-refractivity contribution in [3.63, 3.8) is 0 Å². The van der Waals surface area contributed by atoms with Crippen LogP contribution in [0.15, 0.2) is 39.7 Å². The lowest BCUT2D eigenvalue weighted by molar-refractivity contribution is -0.123. The number of anilines is 1. The van der Waals surface area contributed by atoms with Crippen molar-refractivity contribution in [2.45, 2.75) is 0 Å². The van der Waals surface area contributed by atoms with Crippen LogP contribution < -0.4 is 15.5 Å². The van der Waals surface area contributed by atoms with Gasteiger partial charge in [0.1, 0.15) is 0 Å². The van der Waals surface area contributed by atoms with Crippen molar-refractivity contribution in [2.24, 2.45) is 0 Å². The van der Waals surface area contributed by atoms with Gasteiger partial charge < -0.3 is 15.2 Å². The van der Waals surface area contributed by atoms with Crippen molar-refractivity contribution in [1.29, 1.82) is 0 Å². The summed E-state index contributed by atoms with van der Waals surface area (Å²) in [5.41, 5.74) is 3.38. The Balaban J connectivity index is 1.75. The first-order valence-corrected chi connectivity index (χ1v) is 10.8. The predicted octanol–water partition coefficient (Wildman–Crippen LogP) is 5.41. The average molecular weight is 549 g/mol. The number of urea groups is 1. The molecular formula is C18H12BrCl2N3O4S2. The van der Waals surface area contributed by atoms with Crippen LogP contribution >= 0.6 is 63.1 Å². The van der Waals surface area contributed by atoms with E-state index in [0.29, 0.717) is 20.7 Å². The summed E-state index contributed by atoms with van der Waals surface area (Å²) in [6.07, 6.45) is 1.57. The Labute approximate surface area is 199 Å². The van der Waals surface area contributed by atoms with Crippen LogP contribution in [0.5, 0.6) is 11.5 Å². The van der Waals surface area contributed by atoms with E-state index in [1.165, 1.54) is 25.3 Å². The second-order valence-corrected chi connectivity index (χ2v) is 9.10. The molecule has 1 fully saturated rings. The Bertz CT molecular complexity index is 1100. The number of carbonyl (C=O) groups is 2. The lowest BCUT2D eigenvalue weighted by Gasteiger charge is -2.16. The molecule has 1 saturated heterocycles. The van der Waals surface area contributed by atoms with Crippen molar-refractivity contribution in [2.75, 3.05) is 12.4 Å². The maximum absolute atomic E-state index is 12.7. The number of aromatic hydroxyl groups is 1. The molecule has 1 aliphatic rings. The van der Waals surface area contributed by atoms with E-state index in [0.717, 1.165) is 16.8 Å². The topological polar surface area (TPSA) is 90.9 Å². The number of nitrogens with one attached hydrogen (secondary N) is 2. The Morgan fingerprint density at radius 3 is 2.70 bits per heavy atom. The number of hydrogen-bond donors (Lipinski definition) is 3. The second kappa shape index (κ2) is 9.44. The number of methoxy groups -OCH3 is 1. The molecule has 3 amide bonds. The van der Waals surface area contributed by atoms with Crippen LogP contribution in [0.3, 0.4) is 0 Å². The summed E-state index contributed by atoms with van der Waals surface area (Å²) >= 11 is 21.3. The first-order chi connectivity index (χ1) is 14.2. The van der Waals surface area contributed by atoms with Gasteiger partial charge in [0.05, 0.1) is 22.1 Å². The minimum atomic E-state index is -0.682. The molecule has 0 spiro atoms. The van der Waals surface area contributed by atoms with Gasteiger partial charge in [-0.15, -0.1) is 0 Å². The zero-order chi connectivity index (χ0) is 22.0. The predicted molar refractivity (Wildman–Crippen MR) is 126 cm³/mol. The molecular weight excluding hydrogens is 537 g/mol. The number of halogens is 3. The molecule has 0 radical (unpaired) electrons. The number of phenolic OH excluding ortho intramolecular Hbond substituents is 1. The number of nitrogens with zero attached hydrogens (tertiary/aromatic N) is 1. The largest absolute Gasteiger partial charge is 0.504 e. The highest BCUT2D eigenvalue weighted by Gasteiger charge is 2.34. The molecule has 0 aromatic heterocycles. The van der Waals surface area contributed by atoms with Gasteiger partial charge in [0.15, 0.2) is 15.8 Å². The van der Waals surface area contributed by atoms with E-state index in [1.807, 2.05) is 0 Å². The third-order valence-corrected chi connectivity index (χ3v) is 6.50. The molecule has 30 heavy (non-hydrogen) atoms. The molecule has 156 valence electrons. The summed E-state index contributed by atoms with van der Waals surface area (Å²) in [5, 5.41) is 14.0. The number of carbonyl (C=O) groups excluding carboxylic acids is 2. The van der Waals surface area contributed by atoms with Crippen molar-refractivity contribution in [3.05, 3.63) is 55.3 Å². The average Bonchev–Trinajstić information content (AvgIpc) is 2.94. The van der Waals surface area contributed by atoms with Gasteiger partial charge >= 0.3 is 6.03 Å². The highest BCUT2D eigenvalue weighted by molar-refractivity contribution is 9.10. The lowest BCUT2D eigenvalue weighted by atomic mass is 10.2.